The van der Waals surface area contributed by atoms with E-state index in [0.717, 1.165) is 10.6 Å². The van der Waals surface area contributed by atoms with Crippen molar-refractivity contribution in [2.45, 2.75) is 13.0 Å². The highest BCUT2D eigenvalue weighted by atomic mass is 35.5. The highest BCUT2D eigenvalue weighted by Gasteiger charge is 2.28. The van der Waals surface area contributed by atoms with Gasteiger partial charge in [-0.05, 0) is 11.6 Å². The van der Waals surface area contributed by atoms with Crippen LogP contribution in [0.25, 0.3) is 0 Å². The molecule has 0 bridgehead atoms. The Morgan fingerprint density at radius 2 is 2.18 bits per heavy atom. The summed E-state index contributed by atoms with van der Waals surface area (Å²) < 4.78 is 0. The van der Waals surface area contributed by atoms with Crippen LogP contribution in [-0.4, -0.2) is 27.7 Å². The number of aliphatic carboxylic acids is 1. The summed E-state index contributed by atoms with van der Waals surface area (Å²) >= 11 is 5.95. The second kappa shape index (κ2) is 4.55. The van der Waals surface area contributed by atoms with Crippen molar-refractivity contribution >= 4 is 29.2 Å². The lowest BCUT2D eigenvalue weighted by Gasteiger charge is -2.12. The van der Waals surface area contributed by atoms with E-state index in [0.29, 0.717) is 5.02 Å². The number of carbonyl (C=O) groups is 2. The average molecular weight is 253 g/mol. The van der Waals surface area contributed by atoms with Crippen LogP contribution in [0.4, 0.5) is 0 Å². The van der Waals surface area contributed by atoms with Gasteiger partial charge in [0.1, 0.15) is 0 Å². The number of carbonyl (C=O) groups excluding carboxylic acids is 1. The number of carboxylic acid groups (broad SMARTS) is 1. The van der Waals surface area contributed by atoms with Gasteiger partial charge in [-0.1, -0.05) is 29.8 Å². The summed E-state index contributed by atoms with van der Waals surface area (Å²) in [5.74, 6) is -1.50. The Kier molecular flexibility index (Phi) is 3.10. The maximum atomic E-state index is 11.5. The van der Waals surface area contributed by atoms with Crippen molar-refractivity contribution in [3.05, 3.63) is 34.9 Å². The van der Waals surface area contributed by atoms with Gasteiger partial charge in [-0.3, -0.25) is 4.79 Å². The summed E-state index contributed by atoms with van der Waals surface area (Å²) in [5, 5.41) is 14.1. The molecule has 1 aromatic carbocycles. The SMILES string of the molecule is O=C(O)C1=NN(Cc2ccccc2Cl)C(=O)C1. The highest BCUT2D eigenvalue weighted by Crippen LogP contribution is 2.19. The smallest absolute Gasteiger partial charge is 0.352 e. The second-order valence-corrected chi connectivity index (χ2v) is 3.98. The largest absolute Gasteiger partial charge is 0.477 e. The molecular formula is C11H9ClN2O3. The zero-order chi connectivity index (χ0) is 12.4. The molecule has 0 fully saturated rings. The Morgan fingerprint density at radius 1 is 1.47 bits per heavy atom. The molecule has 1 heterocycles. The molecule has 1 aromatic rings. The van der Waals surface area contributed by atoms with Gasteiger partial charge in [-0.25, -0.2) is 9.80 Å². The topological polar surface area (TPSA) is 70.0 Å². The third-order valence-electron chi connectivity index (χ3n) is 2.37. The lowest BCUT2D eigenvalue weighted by Crippen LogP contribution is -2.20. The van der Waals surface area contributed by atoms with Gasteiger partial charge in [0.25, 0.3) is 0 Å². The summed E-state index contributed by atoms with van der Waals surface area (Å²) in [5.41, 5.74) is 0.597. The van der Waals surface area contributed by atoms with E-state index in [4.69, 9.17) is 16.7 Å². The Hall–Kier alpha value is -1.88. The van der Waals surface area contributed by atoms with Crippen molar-refractivity contribution in [1.82, 2.24) is 5.01 Å². The fourth-order valence-corrected chi connectivity index (χ4v) is 1.70. The molecule has 0 atom stereocenters. The molecule has 1 N–H and O–H groups in total. The number of rotatable bonds is 3. The molecule has 0 saturated carbocycles. The minimum Gasteiger partial charge on any atom is -0.477 e. The van der Waals surface area contributed by atoms with E-state index in [1.54, 1.807) is 24.3 Å². The van der Waals surface area contributed by atoms with Crippen LogP contribution in [0, 0.1) is 0 Å². The quantitative estimate of drug-likeness (QED) is 0.887. The summed E-state index contributed by atoms with van der Waals surface area (Å²) in [7, 11) is 0. The molecule has 1 aliphatic heterocycles. The van der Waals surface area contributed by atoms with Gasteiger partial charge < -0.3 is 5.11 Å². The summed E-state index contributed by atoms with van der Waals surface area (Å²) in [6, 6.07) is 7.05. The predicted octanol–water partition coefficient (Wildman–Crippen LogP) is 1.51. The minimum atomic E-state index is -1.17. The first-order chi connectivity index (χ1) is 8.08. The number of hydrogen-bond acceptors (Lipinski definition) is 3. The number of hydrogen-bond donors (Lipinski definition) is 1. The number of benzene rings is 1. The van der Waals surface area contributed by atoms with Crippen molar-refractivity contribution in [2.75, 3.05) is 0 Å². The summed E-state index contributed by atoms with van der Waals surface area (Å²) in [6.07, 6.45) is -0.167. The maximum absolute atomic E-state index is 11.5. The molecule has 0 aromatic heterocycles. The van der Waals surface area contributed by atoms with Gasteiger partial charge in [-0.2, -0.15) is 5.10 Å². The first kappa shape index (κ1) is 11.6. The number of halogens is 1. The van der Waals surface area contributed by atoms with Crippen LogP contribution in [-0.2, 0) is 16.1 Å². The Morgan fingerprint density at radius 3 is 2.76 bits per heavy atom. The van der Waals surface area contributed by atoms with E-state index < -0.39 is 5.97 Å². The lowest BCUT2D eigenvalue weighted by molar-refractivity contribution is -0.131. The molecule has 0 radical (unpaired) electrons. The van der Waals surface area contributed by atoms with Gasteiger partial charge in [0.05, 0.1) is 13.0 Å². The van der Waals surface area contributed by atoms with Gasteiger partial charge in [-0.15, -0.1) is 0 Å². The average Bonchev–Trinajstić information content (AvgIpc) is 2.64. The molecule has 2 rings (SSSR count). The normalized spacial score (nSPS) is 15.0. The number of nitrogens with zero attached hydrogens (tertiary/aromatic N) is 2. The van der Waals surface area contributed by atoms with Crippen molar-refractivity contribution in [3.63, 3.8) is 0 Å². The van der Waals surface area contributed by atoms with Crippen LogP contribution in [0.2, 0.25) is 5.02 Å². The van der Waals surface area contributed by atoms with E-state index in [1.165, 1.54) is 0 Å². The molecule has 1 amide bonds. The summed E-state index contributed by atoms with van der Waals surface area (Å²) in [6.45, 7) is 0.190. The van der Waals surface area contributed by atoms with Crippen LogP contribution < -0.4 is 0 Å². The third-order valence-corrected chi connectivity index (χ3v) is 2.74. The molecule has 0 aliphatic carbocycles. The van der Waals surface area contributed by atoms with E-state index in [9.17, 15) is 9.59 Å². The Balaban J connectivity index is 2.18. The van der Waals surface area contributed by atoms with Crippen molar-refractivity contribution < 1.29 is 14.7 Å². The lowest BCUT2D eigenvalue weighted by atomic mass is 10.2. The van der Waals surface area contributed by atoms with E-state index >= 15 is 0 Å². The first-order valence-corrected chi connectivity index (χ1v) is 5.30. The molecule has 0 unspecified atom stereocenters. The predicted molar refractivity (Wildman–Crippen MR) is 61.7 cm³/mol. The van der Waals surface area contributed by atoms with E-state index in [-0.39, 0.29) is 24.6 Å². The highest BCUT2D eigenvalue weighted by molar-refractivity contribution is 6.40. The monoisotopic (exact) mass is 252 g/mol. The molecule has 1 aliphatic rings. The molecule has 0 spiro atoms. The Labute approximate surface area is 102 Å². The van der Waals surface area contributed by atoms with Gasteiger partial charge in [0, 0.05) is 5.02 Å². The third kappa shape index (κ3) is 2.45. The molecular weight excluding hydrogens is 244 g/mol. The fourth-order valence-electron chi connectivity index (χ4n) is 1.50. The van der Waals surface area contributed by atoms with Crippen LogP contribution in [0.1, 0.15) is 12.0 Å². The molecule has 6 heteroatoms. The second-order valence-electron chi connectivity index (χ2n) is 3.57. The number of amides is 1. The van der Waals surface area contributed by atoms with Gasteiger partial charge >= 0.3 is 5.97 Å². The van der Waals surface area contributed by atoms with E-state index in [2.05, 4.69) is 5.10 Å². The number of carboxylic acids is 1. The standard InChI is InChI=1S/C11H9ClN2O3/c12-8-4-2-1-3-7(8)6-14-10(15)5-9(13-14)11(16)17/h1-4H,5-6H2,(H,16,17). The van der Waals surface area contributed by atoms with Crippen molar-refractivity contribution in [2.24, 2.45) is 5.10 Å². The molecule has 0 saturated heterocycles. The molecule has 5 nitrogen and oxygen atoms in total. The maximum Gasteiger partial charge on any atom is 0.352 e. The van der Waals surface area contributed by atoms with Crippen LogP contribution in [0.3, 0.4) is 0 Å². The Bertz CT molecular complexity index is 513. The molecule has 88 valence electrons. The zero-order valence-electron chi connectivity index (χ0n) is 8.76. The van der Waals surface area contributed by atoms with Crippen LogP contribution in [0.15, 0.2) is 29.4 Å². The minimum absolute atomic E-state index is 0.137. The van der Waals surface area contributed by atoms with Crippen LogP contribution >= 0.6 is 11.6 Å². The zero-order valence-corrected chi connectivity index (χ0v) is 9.52. The molecule has 17 heavy (non-hydrogen) atoms. The van der Waals surface area contributed by atoms with Crippen molar-refractivity contribution in [3.8, 4) is 0 Å². The fraction of sp³-hybridized carbons (Fsp3) is 0.182. The number of hydrazone groups is 1. The van der Waals surface area contributed by atoms with Gasteiger partial charge in [0.15, 0.2) is 5.71 Å². The first-order valence-electron chi connectivity index (χ1n) is 4.92. The van der Waals surface area contributed by atoms with Crippen molar-refractivity contribution in [1.29, 1.82) is 0 Å². The van der Waals surface area contributed by atoms with Gasteiger partial charge in [0.2, 0.25) is 5.91 Å². The van der Waals surface area contributed by atoms with Crippen LogP contribution in [0.5, 0.6) is 0 Å². The van der Waals surface area contributed by atoms with E-state index in [1.807, 2.05) is 0 Å². The summed E-state index contributed by atoms with van der Waals surface area (Å²) in [4.78, 5) is 22.2.